The van der Waals surface area contributed by atoms with Crippen molar-refractivity contribution < 1.29 is 14.3 Å². The molecular weight excluding hydrogens is 201 g/mol. The predicted octanol–water partition coefficient (Wildman–Crippen LogP) is 1.31. The molecule has 0 unspecified atom stereocenters. The minimum Gasteiger partial charge on any atom is -0.478 e. The molecule has 0 aliphatic carbocycles. The third kappa shape index (κ3) is 1.56. The van der Waals surface area contributed by atoms with Crippen molar-refractivity contribution in [3.05, 3.63) is 35.8 Å². The Morgan fingerprint density at radius 2 is 2.27 bits per heavy atom. The molecule has 2 rings (SSSR count). The van der Waals surface area contributed by atoms with Gasteiger partial charge in [0.15, 0.2) is 0 Å². The molecule has 2 N–H and O–H groups in total. The minimum atomic E-state index is -1.20. The molecule has 15 heavy (non-hydrogen) atoms. The van der Waals surface area contributed by atoms with Gasteiger partial charge < -0.3 is 5.11 Å². The summed E-state index contributed by atoms with van der Waals surface area (Å²) in [6, 6.07) is 3.83. The van der Waals surface area contributed by atoms with E-state index in [0.29, 0.717) is 0 Å². The number of rotatable bonds is 2. The molecule has 76 valence electrons. The molecule has 0 amide bonds. The topological polar surface area (TPSA) is 78.9 Å². The van der Waals surface area contributed by atoms with Gasteiger partial charge in [0.2, 0.25) is 0 Å². The Balaban J connectivity index is 2.68. The summed E-state index contributed by atoms with van der Waals surface area (Å²) in [6.45, 7) is 0. The van der Waals surface area contributed by atoms with Crippen molar-refractivity contribution in [2.75, 3.05) is 0 Å². The average molecular weight is 207 g/mol. The molecule has 0 spiro atoms. The van der Waals surface area contributed by atoms with E-state index in [9.17, 15) is 9.18 Å². The number of aromatic amines is 1. The van der Waals surface area contributed by atoms with Crippen LogP contribution in [0, 0.1) is 5.82 Å². The molecule has 1 aromatic heterocycles. The first-order valence-electron chi connectivity index (χ1n) is 4.09. The van der Waals surface area contributed by atoms with Gasteiger partial charge >= 0.3 is 5.97 Å². The van der Waals surface area contributed by atoms with E-state index in [2.05, 4.69) is 15.4 Å². The highest BCUT2D eigenvalue weighted by molar-refractivity contribution is 5.95. The van der Waals surface area contributed by atoms with Gasteiger partial charge in [-0.15, -0.1) is 5.10 Å². The van der Waals surface area contributed by atoms with Crippen LogP contribution in [0.15, 0.2) is 24.4 Å². The number of nitrogens with one attached hydrogen (secondary N) is 1. The lowest BCUT2D eigenvalue weighted by Gasteiger charge is -2.02. The highest BCUT2D eigenvalue weighted by Crippen LogP contribution is 2.24. The lowest BCUT2D eigenvalue weighted by Crippen LogP contribution is -2.01. The second kappa shape index (κ2) is 3.49. The molecule has 5 nitrogen and oxygen atoms in total. The summed E-state index contributed by atoms with van der Waals surface area (Å²) in [7, 11) is 0. The summed E-state index contributed by atoms with van der Waals surface area (Å²) in [5.41, 5.74) is -0.0202. The minimum absolute atomic E-state index is 0.0567. The van der Waals surface area contributed by atoms with E-state index in [0.717, 1.165) is 0 Å². The number of carbonyl (C=O) groups is 1. The van der Waals surface area contributed by atoms with Crippen molar-refractivity contribution in [2.45, 2.75) is 0 Å². The number of benzene rings is 1. The standard InChI is InChI=1S/C9H6FN3O2/c10-6-3-1-2-5(9(14)15)8(6)7-4-11-13-12-7/h1-4H,(H,14,15)(H,11,12,13). The summed E-state index contributed by atoms with van der Waals surface area (Å²) in [5.74, 6) is -1.84. The molecule has 2 aromatic rings. The number of carboxylic acids is 1. The van der Waals surface area contributed by atoms with Gasteiger partial charge in [-0.3, -0.25) is 5.10 Å². The lowest BCUT2D eigenvalue weighted by atomic mass is 10.0. The van der Waals surface area contributed by atoms with Crippen LogP contribution < -0.4 is 0 Å². The fourth-order valence-corrected chi connectivity index (χ4v) is 1.29. The third-order valence-electron chi connectivity index (χ3n) is 1.92. The summed E-state index contributed by atoms with van der Waals surface area (Å²) >= 11 is 0. The molecule has 0 aliphatic rings. The van der Waals surface area contributed by atoms with E-state index < -0.39 is 11.8 Å². The Bertz CT molecular complexity index is 496. The molecule has 6 heteroatoms. The SMILES string of the molecule is O=C(O)c1cccc(F)c1-c1c[nH]nn1. The van der Waals surface area contributed by atoms with Gasteiger partial charge in [0.1, 0.15) is 11.5 Å². The van der Waals surface area contributed by atoms with Gasteiger partial charge in [-0.05, 0) is 12.1 Å². The van der Waals surface area contributed by atoms with Crippen LogP contribution >= 0.6 is 0 Å². The molecule has 0 saturated heterocycles. The van der Waals surface area contributed by atoms with Crippen molar-refractivity contribution in [1.82, 2.24) is 15.4 Å². The van der Waals surface area contributed by atoms with Crippen molar-refractivity contribution in [1.29, 1.82) is 0 Å². The maximum atomic E-state index is 13.4. The quantitative estimate of drug-likeness (QED) is 0.778. The zero-order chi connectivity index (χ0) is 10.8. The van der Waals surface area contributed by atoms with Crippen LogP contribution in [0.4, 0.5) is 4.39 Å². The smallest absolute Gasteiger partial charge is 0.336 e. The van der Waals surface area contributed by atoms with Crippen LogP contribution in [0.25, 0.3) is 11.3 Å². The van der Waals surface area contributed by atoms with Gasteiger partial charge in [-0.1, -0.05) is 11.3 Å². The van der Waals surface area contributed by atoms with Crippen molar-refractivity contribution in [3.63, 3.8) is 0 Å². The molecular formula is C9H6FN3O2. The van der Waals surface area contributed by atoms with E-state index in [1.54, 1.807) is 0 Å². The molecule has 0 fully saturated rings. The predicted molar refractivity (Wildman–Crippen MR) is 48.7 cm³/mol. The van der Waals surface area contributed by atoms with Gasteiger partial charge in [-0.25, -0.2) is 9.18 Å². The summed E-state index contributed by atoms with van der Waals surface area (Å²) in [4.78, 5) is 10.8. The summed E-state index contributed by atoms with van der Waals surface area (Å²) in [6.07, 6.45) is 1.34. The zero-order valence-corrected chi connectivity index (χ0v) is 7.44. The number of hydrogen-bond acceptors (Lipinski definition) is 3. The number of hydrogen-bond donors (Lipinski definition) is 2. The number of nitrogens with zero attached hydrogens (tertiary/aromatic N) is 2. The summed E-state index contributed by atoms with van der Waals surface area (Å²) < 4.78 is 13.4. The van der Waals surface area contributed by atoms with E-state index in [1.807, 2.05) is 0 Å². The van der Waals surface area contributed by atoms with Crippen LogP contribution in [0.1, 0.15) is 10.4 Å². The molecule has 0 bridgehead atoms. The molecule has 0 aliphatic heterocycles. The van der Waals surface area contributed by atoms with Gasteiger partial charge in [0.05, 0.1) is 17.3 Å². The van der Waals surface area contributed by atoms with Crippen LogP contribution in [0.5, 0.6) is 0 Å². The number of halogens is 1. The average Bonchev–Trinajstić information content (AvgIpc) is 2.70. The van der Waals surface area contributed by atoms with Gasteiger partial charge in [0, 0.05) is 0 Å². The second-order valence-electron chi connectivity index (χ2n) is 2.83. The lowest BCUT2D eigenvalue weighted by molar-refractivity contribution is 0.0697. The third-order valence-corrected chi connectivity index (χ3v) is 1.92. The van der Waals surface area contributed by atoms with Crippen molar-refractivity contribution in [2.24, 2.45) is 0 Å². The van der Waals surface area contributed by atoms with E-state index >= 15 is 0 Å². The van der Waals surface area contributed by atoms with E-state index in [-0.39, 0.29) is 16.8 Å². The first-order chi connectivity index (χ1) is 7.20. The van der Waals surface area contributed by atoms with Crippen molar-refractivity contribution >= 4 is 5.97 Å². The molecule has 0 radical (unpaired) electrons. The largest absolute Gasteiger partial charge is 0.478 e. The van der Waals surface area contributed by atoms with Crippen LogP contribution in [0.2, 0.25) is 0 Å². The number of aromatic nitrogens is 3. The fourth-order valence-electron chi connectivity index (χ4n) is 1.29. The monoisotopic (exact) mass is 207 g/mol. The number of carboxylic acid groups (broad SMARTS) is 1. The Morgan fingerprint density at radius 1 is 1.47 bits per heavy atom. The Hall–Kier alpha value is -2.24. The Kier molecular flexibility index (Phi) is 2.17. The van der Waals surface area contributed by atoms with Gasteiger partial charge in [-0.2, -0.15) is 0 Å². The van der Waals surface area contributed by atoms with Crippen molar-refractivity contribution in [3.8, 4) is 11.3 Å². The first-order valence-corrected chi connectivity index (χ1v) is 4.09. The number of aromatic carboxylic acids is 1. The normalized spacial score (nSPS) is 10.2. The highest BCUT2D eigenvalue weighted by atomic mass is 19.1. The summed E-state index contributed by atoms with van der Waals surface area (Å²) in [5, 5.41) is 18.3. The fraction of sp³-hybridized carbons (Fsp3) is 0. The zero-order valence-electron chi connectivity index (χ0n) is 7.44. The number of H-pyrrole nitrogens is 1. The molecule has 0 atom stereocenters. The van der Waals surface area contributed by atoms with Crippen LogP contribution in [-0.2, 0) is 0 Å². The van der Waals surface area contributed by atoms with Crippen LogP contribution in [-0.4, -0.2) is 26.5 Å². The van der Waals surface area contributed by atoms with E-state index in [1.165, 1.54) is 24.4 Å². The molecule has 0 saturated carbocycles. The first kappa shape index (κ1) is 9.32. The second-order valence-corrected chi connectivity index (χ2v) is 2.83. The Morgan fingerprint density at radius 3 is 2.87 bits per heavy atom. The van der Waals surface area contributed by atoms with E-state index in [4.69, 9.17) is 5.11 Å². The maximum Gasteiger partial charge on any atom is 0.336 e. The maximum absolute atomic E-state index is 13.4. The Labute approximate surface area is 83.6 Å². The van der Waals surface area contributed by atoms with Crippen LogP contribution in [0.3, 0.4) is 0 Å². The molecule has 1 aromatic carbocycles. The molecule has 1 heterocycles. The van der Waals surface area contributed by atoms with Gasteiger partial charge in [0.25, 0.3) is 0 Å². The highest BCUT2D eigenvalue weighted by Gasteiger charge is 2.17.